The van der Waals surface area contributed by atoms with Gasteiger partial charge in [0.15, 0.2) is 0 Å². The number of methoxy groups -OCH3 is 2. The number of halogens is 1. The first-order valence-corrected chi connectivity index (χ1v) is 9.48. The van der Waals surface area contributed by atoms with Crippen molar-refractivity contribution in [3.05, 3.63) is 70.0 Å². The van der Waals surface area contributed by atoms with E-state index >= 15 is 0 Å². The Bertz CT molecular complexity index is 1010. The minimum Gasteiger partial charge on any atom is -0.507 e. The number of amides is 1. The minimum absolute atomic E-state index is 0.0321. The van der Waals surface area contributed by atoms with Crippen LogP contribution < -0.4 is 4.74 Å². The monoisotopic (exact) mass is 413 g/mol. The molecule has 1 heterocycles. The van der Waals surface area contributed by atoms with Crippen molar-refractivity contribution in [1.29, 1.82) is 0 Å². The van der Waals surface area contributed by atoms with Crippen LogP contribution in [-0.4, -0.2) is 49.1 Å². The molecular weight excluding hydrogens is 389 g/mol. The predicted octanol–water partition coefficient (Wildman–Crippen LogP) is 3.52. The first-order chi connectivity index (χ1) is 14.3. The maximum Gasteiger partial charge on any atom is 0.295 e. The SMILES string of the molecule is COCCN1C(=O)C(=O)/C(=C(/O)c2cc(C)c(OC)cc2C)C1c1ccc(F)cc1. The molecule has 1 amide bonds. The number of Topliss-reactive ketones (excluding diaryl/α,β-unsaturated/α-hetero) is 1. The lowest BCUT2D eigenvalue weighted by Gasteiger charge is -2.25. The summed E-state index contributed by atoms with van der Waals surface area (Å²) in [7, 11) is 3.05. The zero-order valence-electron chi connectivity index (χ0n) is 17.4. The molecule has 0 spiro atoms. The van der Waals surface area contributed by atoms with Gasteiger partial charge in [0.1, 0.15) is 17.3 Å². The molecule has 7 heteroatoms. The van der Waals surface area contributed by atoms with Gasteiger partial charge in [-0.05, 0) is 54.8 Å². The van der Waals surface area contributed by atoms with Crippen LogP contribution in [0.25, 0.3) is 5.76 Å². The molecule has 0 aromatic heterocycles. The Morgan fingerprint density at radius 1 is 1.10 bits per heavy atom. The number of likely N-dealkylation sites (tertiary alicyclic amines) is 1. The number of rotatable bonds is 6. The summed E-state index contributed by atoms with van der Waals surface area (Å²) >= 11 is 0. The number of ether oxygens (including phenoxy) is 2. The van der Waals surface area contributed by atoms with Crippen LogP contribution in [0.3, 0.4) is 0 Å². The van der Waals surface area contributed by atoms with Crippen LogP contribution in [0.1, 0.15) is 28.3 Å². The Kier molecular flexibility index (Phi) is 6.22. The predicted molar refractivity (Wildman–Crippen MR) is 110 cm³/mol. The molecule has 0 bridgehead atoms. The molecule has 1 N–H and O–H groups in total. The standard InChI is InChI=1S/C23H24FNO5/c1-13-12-18(30-4)14(2)11-17(13)21(26)19-20(15-5-7-16(24)8-6-15)25(9-10-29-3)23(28)22(19)27/h5-8,11-12,20,26H,9-10H2,1-4H3/b21-19+. The molecular formula is C23H24FNO5. The van der Waals surface area contributed by atoms with Gasteiger partial charge in [-0.15, -0.1) is 0 Å². The Labute approximate surface area is 174 Å². The van der Waals surface area contributed by atoms with Gasteiger partial charge in [-0.25, -0.2) is 4.39 Å². The third-order valence-electron chi connectivity index (χ3n) is 5.26. The van der Waals surface area contributed by atoms with Crippen molar-refractivity contribution in [3.63, 3.8) is 0 Å². The van der Waals surface area contributed by atoms with Crippen molar-refractivity contribution in [2.45, 2.75) is 19.9 Å². The molecule has 1 unspecified atom stereocenters. The van der Waals surface area contributed by atoms with Crippen LogP contribution in [0.2, 0.25) is 0 Å². The molecule has 1 aliphatic heterocycles. The normalized spacial score (nSPS) is 18.2. The van der Waals surface area contributed by atoms with Crippen molar-refractivity contribution < 1.29 is 28.6 Å². The number of nitrogens with zero attached hydrogens (tertiary/aromatic N) is 1. The number of aliphatic hydroxyl groups is 1. The molecule has 0 aliphatic carbocycles. The first-order valence-electron chi connectivity index (χ1n) is 9.48. The van der Waals surface area contributed by atoms with Gasteiger partial charge in [-0.2, -0.15) is 0 Å². The van der Waals surface area contributed by atoms with E-state index in [9.17, 15) is 19.1 Å². The van der Waals surface area contributed by atoms with E-state index in [1.54, 1.807) is 26.2 Å². The molecule has 0 saturated carbocycles. The van der Waals surface area contributed by atoms with E-state index in [2.05, 4.69) is 0 Å². The van der Waals surface area contributed by atoms with Gasteiger partial charge in [0.05, 0.1) is 25.3 Å². The molecule has 3 rings (SSSR count). The average molecular weight is 413 g/mol. The van der Waals surface area contributed by atoms with Crippen LogP contribution in [0.5, 0.6) is 5.75 Å². The van der Waals surface area contributed by atoms with E-state index in [4.69, 9.17) is 9.47 Å². The summed E-state index contributed by atoms with van der Waals surface area (Å²) in [5.74, 6) is -1.57. The number of carbonyl (C=O) groups excluding carboxylic acids is 2. The average Bonchev–Trinajstić information content (AvgIpc) is 2.98. The number of ketones is 1. The molecule has 6 nitrogen and oxygen atoms in total. The molecule has 1 fully saturated rings. The van der Waals surface area contributed by atoms with E-state index in [1.165, 1.54) is 36.3 Å². The molecule has 2 aromatic carbocycles. The van der Waals surface area contributed by atoms with E-state index in [1.807, 2.05) is 6.92 Å². The largest absolute Gasteiger partial charge is 0.507 e. The van der Waals surface area contributed by atoms with E-state index in [0.717, 1.165) is 5.56 Å². The highest BCUT2D eigenvalue weighted by molar-refractivity contribution is 6.46. The fourth-order valence-electron chi connectivity index (χ4n) is 3.70. The number of hydrogen-bond acceptors (Lipinski definition) is 5. The zero-order valence-corrected chi connectivity index (χ0v) is 17.4. The lowest BCUT2D eigenvalue weighted by atomic mass is 9.93. The summed E-state index contributed by atoms with van der Waals surface area (Å²) in [6.07, 6.45) is 0. The van der Waals surface area contributed by atoms with Gasteiger partial charge >= 0.3 is 0 Å². The quantitative estimate of drug-likeness (QED) is 0.446. The molecule has 30 heavy (non-hydrogen) atoms. The second-order valence-electron chi connectivity index (χ2n) is 7.17. The summed E-state index contributed by atoms with van der Waals surface area (Å²) in [6.45, 7) is 3.97. The second kappa shape index (κ2) is 8.67. The molecule has 0 radical (unpaired) electrons. The van der Waals surface area contributed by atoms with Crippen LogP contribution in [-0.2, 0) is 14.3 Å². The van der Waals surface area contributed by atoms with Crippen molar-refractivity contribution in [2.24, 2.45) is 0 Å². The molecule has 1 aliphatic rings. The first kappa shape index (κ1) is 21.5. The van der Waals surface area contributed by atoms with Gasteiger partial charge in [-0.3, -0.25) is 9.59 Å². The van der Waals surface area contributed by atoms with E-state index in [0.29, 0.717) is 22.4 Å². The second-order valence-corrected chi connectivity index (χ2v) is 7.17. The van der Waals surface area contributed by atoms with Gasteiger partial charge in [0.25, 0.3) is 11.7 Å². The van der Waals surface area contributed by atoms with Crippen molar-refractivity contribution in [1.82, 2.24) is 4.90 Å². The third kappa shape index (κ3) is 3.80. The Hall–Kier alpha value is -3.19. The molecule has 158 valence electrons. The Balaban J connectivity index is 2.20. The number of carbonyl (C=O) groups is 2. The van der Waals surface area contributed by atoms with Crippen LogP contribution in [0.4, 0.5) is 4.39 Å². The minimum atomic E-state index is -0.845. The molecule has 2 aromatic rings. The lowest BCUT2D eigenvalue weighted by molar-refractivity contribution is -0.140. The van der Waals surface area contributed by atoms with E-state index in [-0.39, 0.29) is 24.5 Å². The molecule has 1 saturated heterocycles. The zero-order chi connectivity index (χ0) is 22.0. The summed E-state index contributed by atoms with van der Waals surface area (Å²) in [5, 5.41) is 11.1. The highest BCUT2D eigenvalue weighted by atomic mass is 19.1. The van der Waals surface area contributed by atoms with Gasteiger partial charge in [-0.1, -0.05) is 12.1 Å². The maximum absolute atomic E-state index is 13.5. The Morgan fingerprint density at radius 2 is 1.77 bits per heavy atom. The third-order valence-corrected chi connectivity index (χ3v) is 5.26. The maximum atomic E-state index is 13.5. The number of aliphatic hydroxyl groups excluding tert-OH is 1. The van der Waals surface area contributed by atoms with Gasteiger partial charge < -0.3 is 19.5 Å². The van der Waals surface area contributed by atoms with Crippen molar-refractivity contribution >= 4 is 17.4 Å². The highest BCUT2D eigenvalue weighted by Gasteiger charge is 2.46. The topological polar surface area (TPSA) is 76.1 Å². The van der Waals surface area contributed by atoms with Crippen LogP contribution in [0, 0.1) is 19.7 Å². The summed E-state index contributed by atoms with van der Waals surface area (Å²) in [4.78, 5) is 27.0. The Morgan fingerprint density at radius 3 is 2.37 bits per heavy atom. The smallest absolute Gasteiger partial charge is 0.295 e. The number of hydrogen-bond donors (Lipinski definition) is 1. The molecule has 1 atom stereocenters. The summed E-state index contributed by atoms with van der Waals surface area (Å²) in [6, 6.07) is 8.16. The summed E-state index contributed by atoms with van der Waals surface area (Å²) in [5.41, 5.74) is 2.39. The number of aryl methyl sites for hydroxylation is 2. The lowest BCUT2D eigenvalue weighted by Crippen LogP contribution is -2.32. The van der Waals surface area contributed by atoms with Gasteiger partial charge in [0.2, 0.25) is 0 Å². The van der Waals surface area contributed by atoms with Crippen molar-refractivity contribution in [3.8, 4) is 5.75 Å². The summed E-state index contributed by atoms with van der Waals surface area (Å²) < 4.78 is 23.9. The fraction of sp³-hybridized carbons (Fsp3) is 0.304. The van der Waals surface area contributed by atoms with Gasteiger partial charge in [0, 0.05) is 19.2 Å². The van der Waals surface area contributed by atoms with Crippen LogP contribution in [0.15, 0.2) is 42.0 Å². The van der Waals surface area contributed by atoms with E-state index < -0.39 is 23.5 Å². The fourth-order valence-corrected chi connectivity index (χ4v) is 3.70. The highest BCUT2D eigenvalue weighted by Crippen LogP contribution is 2.40. The number of benzene rings is 2. The van der Waals surface area contributed by atoms with Crippen LogP contribution >= 0.6 is 0 Å². The van der Waals surface area contributed by atoms with Crippen molar-refractivity contribution in [2.75, 3.05) is 27.4 Å².